The van der Waals surface area contributed by atoms with Crippen molar-refractivity contribution in [3.8, 4) is 0 Å². The van der Waals surface area contributed by atoms with Crippen LogP contribution in [0.15, 0.2) is 35.7 Å². The fraction of sp³-hybridized carbons (Fsp3) is 0.667. The maximum Gasteiger partial charge on any atom is 0.193 e. The number of aliphatic hydroxyl groups is 2. The van der Waals surface area contributed by atoms with Gasteiger partial charge in [-0.05, 0) is 56.8 Å². The van der Waals surface area contributed by atoms with Gasteiger partial charge >= 0.3 is 0 Å². The Bertz CT molecular complexity index is 965. The first-order chi connectivity index (χ1) is 14.4. The number of carbonyl (C=O) groups is 2. The van der Waals surface area contributed by atoms with Gasteiger partial charge in [0.25, 0.3) is 0 Å². The van der Waals surface area contributed by atoms with E-state index in [4.69, 9.17) is 9.47 Å². The standard InChI is InChI=1S/C24H29FO6/c1-21(2)30-19-9-14-13-8-16(25)15-7-12(27)5-6-22(15,3)20(13)17(28)10-23(14,4)24(19,31-21)18(29)11-26/h5-8,13-14,17,19-20,26,28H,9-11H2,1-4H3/t13-,14-,17-,19+,20+,22-,23-,24+/m0/s1. The molecule has 2 saturated carbocycles. The number of ether oxygens (including phenoxy) is 2. The molecule has 6 nitrogen and oxygen atoms in total. The molecule has 0 aromatic carbocycles. The normalized spacial score (nSPS) is 49.5. The van der Waals surface area contributed by atoms with E-state index >= 15 is 4.39 Å². The van der Waals surface area contributed by atoms with E-state index in [-0.39, 0.29) is 30.0 Å². The Hall–Kier alpha value is -1.67. The summed E-state index contributed by atoms with van der Waals surface area (Å²) in [4.78, 5) is 25.1. The van der Waals surface area contributed by atoms with Crippen LogP contribution in [0, 0.1) is 28.6 Å². The monoisotopic (exact) mass is 432 g/mol. The first-order valence-corrected chi connectivity index (χ1v) is 10.9. The van der Waals surface area contributed by atoms with Gasteiger partial charge in [-0.1, -0.05) is 19.9 Å². The second-order valence-corrected chi connectivity index (χ2v) is 10.7. The molecule has 1 aliphatic heterocycles. The third-order valence-corrected chi connectivity index (χ3v) is 8.66. The van der Waals surface area contributed by atoms with Gasteiger partial charge in [0, 0.05) is 22.3 Å². The first kappa shape index (κ1) is 21.2. The zero-order chi connectivity index (χ0) is 22.6. The number of halogens is 1. The van der Waals surface area contributed by atoms with Crippen LogP contribution in [0.5, 0.6) is 0 Å². The summed E-state index contributed by atoms with van der Waals surface area (Å²) in [5.41, 5.74) is -2.78. The lowest BCUT2D eigenvalue weighted by Crippen LogP contribution is -2.63. The van der Waals surface area contributed by atoms with Crippen molar-refractivity contribution < 1.29 is 33.7 Å². The molecule has 0 radical (unpaired) electrons. The number of rotatable bonds is 2. The Kier molecular flexibility index (Phi) is 4.25. The number of carbonyl (C=O) groups excluding carboxylic acids is 2. The van der Waals surface area contributed by atoms with E-state index in [0.29, 0.717) is 12.0 Å². The van der Waals surface area contributed by atoms with E-state index in [2.05, 4.69) is 0 Å². The van der Waals surface area contributed by atoms with E-state index in [1.807, 2.05) is 13.8 Å². The van der Waals surface area contributed by atoms with Gasteiger partial charge < -0.3 is 19.7 Å². The molecular formula is C24H29FO6. The molecule has 0 unspecified atom stereocenters. The van der Waals surface area contributed by atoms with Crippen LogP contribution in [0.4, 0.5) is 4.39 Å². The highest BCUT2D eigenvalue weighted by Crippen LogP contribution is 2.69. The maximum atomic E-state index is 15.3. The van der Waals surface area contributed by atoms with Crippen molar-refractivity contribution in [1.82, 2.24) is 0 Å². The Morgan fingerprint density at radius 1 is 1.29 bits per heavy atom. The van der Waals surface area contributed by atoms with Crippen LogP contribution < -0.4 is 0 Å². The molecule has 2 N–H and O–H groups in total. The third-order valence-electron chi connectivity index (χ3n) is 8.66. The summed E-state index contributed by atoms with van der Waals surface area (Å²) in [5, 5.41) is 21.2. The summed E-state index contributed by atoms with van der Waals surface area (Å²) < 4.78 is 27.7. The number of aliphatic hydroxyl groups excluding tert-OH is 2. The number of Topliss-reactive ketones (excluding diaryl/α,β-unsaturated/α-hetero) is 1. The largest absolute Gasteiger partial charge is 0.393 e. The summed E-state index contributed by atoms with van der Waals surface area (Å²) in [6, 6.07) is 0. The highest BCUT2D eigenvalue weighted by Gasteiger charge is 2.76. The molecule has 0 spiro atoms. The summed E-state index contributed by atoms with van der Waals surface area (Å²) in [7, 11) is 0. The van der Waals surface area contributed by atoms with Gasteiger partial charge in [0.05, 0.1) is 12.2 Å². The molecule has 1 saturated heterocycles. The van der Waals surface area contributed by atoms with Gasteiger partial charge in [-0.25, -0.2) is 4.39 Å². The Morgan fingerprint density at radius 2 is 2.00 bits per heavy atom. The Labute approximate surface area is 180 Å². The quantitative estimate of drug-likeness (QED) is 0.696. The summed E-state index contributed by atoms with van der Waals surface area (Å²) in [5.74, 6) is -3.13. The highest BCUT2D eigenvalue weighted by atomic mass is 19.1. The number of allylic oxidation sites excluding steroid dienone is 6. The zero-order valence-electron chi connectivity index (χ0n) is 18.2. The van der Waals surface area contributed by atoms with Crippen LogP contribution in [0.1, 0.15) is 40.5 Å². The van der Waals surface area contributed by atoms with E-state index in [1.165, 1.54) is 18.2 Å². The van der Waals surface area contributed by atoms with Crippen molar-refractivity contribution in [2.45, 2.75) is 64.1 Å². The molecule has 0 amide bonds. The van der Waals surface area contributed by atoms with Crippen LogP contribution in [0.3, 0.4) is 0 Å². The average Bonchev–Trinajstić information content (AvgIpc) is 3.08. The molecule has 0 aromatic heterocycles. The Balaban J connectivity index is 1.66. The van der Waals surface area contributed by atoms with Crippen LogP contribution in [-0.4, -0.2) is 52.0 Å². The van der Waals surface area contributed by atoms with Crippen LogP contribution >= 0.6 is 0 Å². The predicted octanol–water partition coefficient (Wildman–Crippen LogP) is 2.40. The van der Waals surface area contributed by atoms with Crippen LogP contribution in [0.25, 0.3) is 0 Å². The molecule has 5 rings (SSSR count). The number of hydrogen-bond acceptors (Lipinski definition) is 6. The molecule has 5 aliphatic rings. The van der Waals surface area contributed by atoms with Gasteiger partial charge in [0.15, 0.2) is 23.0 Å². The van der Waals surface area contributed by atoms with Crippen molar-refractivity contribution in [3.63, 3.8) is 0 Å². The third kappa shape index (κ3) is 2.46. The van der Waals surface area contributed by atoms with E-state index in [0.717, 1.165) is 0 Å². The van der Waals surface area contributed by atoms with E-state index in [9.17, 15) is 19.8 Å². The Morgan fingerprint density at radius 3 is 2.68 bits per heavy atom. The molecule has 31 heavy (non-hydrogen) atoms. The fourth-order valence-corrected chi connectivity index (χ4v) is 7.58. The van der Waals surface area contributed by atoms with E-state index < -0.39 is 52.6 Å². The molecule has 3 fully saturated rings. The molecule has 1 heterocycles. The lowest BCUT2D eigenvalue weighted by Gasteiger charge is -2.58. The smallest absolute Gasteiger partial charge is 0.193 e. The minimum atomic E-state index is -1.40. The van der Waals surface area contributed by atoms with Gasteiger partial charge in [0.2, 0.25) is 0 Å². The molecule has 7 heteroatoms. The minimum Gasteiger partial charge on any atom is -0.393 e. The van der Waals surface area contributed by atoms with Crippen molar-refractivity contribution in [1.29, 1.82) is 0 Å². The molecule has 168 valence electrons. The lowest BCUT2D eigenvalue weighted by molar-refractivity contribution is -0.221. The second-order valence-electron chi connectivity index (χ2n) is 10.7. The summed E-state index contributed by atoms with van der Waals surface area (Å²) in [6.07, 6.45) is 5.23. The molecular weight excluding hydrogens is 403 g/mol. The fourth-order valence-electron chi connectivity index (χ4n) is 7.58. The van der Waals surface area contributed by atoms with E-state index in [1.54, 1.807) is 19.9 Å². The second kappa shape index (κ2) is 6.22. The molecule has 0 aromatic rings. The predicted molar refractivity (Wildman–Crippen MR) is 108 cm³/mol. The summed E-state index contributed by atoms with van der Waals surface area (Å²) in [6.45, 7) is 6.54. The SMILES string of the molecule is CC1(C)O[C@@H]2C[C@H]3[C@@H]4C=C(F)C5=CC(=O)C=C[C@]5(C)[C@H]4[C@@H](O)C[C@]3(C)[C@]2(C(=O)CO)O1. The van der Waals surface area contributed by atoms with Gasteiger partial charge in [-0.2, -0.15) is 0 Å². The van der Waals surface area contributed by atoms with Crippen LogP contribution in [0.2, 0.25) is 0 Å². The average molecular weight is 432 g/mol. The number of ketones is 2. The molecule has 4 aliphatic carbocycles. The highest BCUT2D eigenvalue weighted by molar-refractivity contribution is 6.01. The number of hydrogen-bond donors (Lipinski definition) is 2. The zero-order valence-corrected chi connectivity index (χ0v) is 18.2. The van der Waals surface area contributed by atoms with Crippen molar-refractivity contribution in [2.75, 3.05) is 6.61 Å². The first-order valence-electron chi connectivity index (χ1n) is 10.9. The lowest BCUT2D eigenvalue weighted by atomic mass is 9.47. The summed E-state index contributed by atoms with van der Waals surface area (Å²) >= 11 is 0. The van der Waals surface area contributed by atoms with Gasteiger partial charge in [-0.3, -0.25) is 9.59 Å². The molecule has 0 bridgehead atoms. The maximum absolute atomic E-state index is 15.3. The van der Waals surface area contributed by atoms with Crippen molar-refractivity contribution in [2.24, 2.45) is 28.6 Å². The van der Waals surface area contributed by atoms with Crippen molar-refractivity contribution in [3.05, 3.63) is 35.7 Å². The van der Waals surface area contributed by atoms with Gasteiger partial charge in [0.1, 0.15) is 12.4 Å². The van der Waals surface area contributed by atoms with Crippen molar-refractivity contribution >= 4 is 11.6 Å². The topological polar surface area (TPSA) is 93.1 Å². The minimum absolute atomic E-state index is 0.201. The van der Waals surface area contributed by atoms with Crippen LogP contribution in [-0.2, 0) is 19.1 Å². The molecule has 8 atom stereocenters. The van der Waals surface area contributed by atoms with Gasteiger partial charge in [-0.15, -0.1) is 0 Å². The number of fused-ring (bicyclic) bond motifs is 7.